The number of nitrogens with zero attached hydrogens (tertiary/aromatic N) is 3. The fraction of sp³-hybridized carbons (Fsp3) is 0.375. The Kier molecular flexibility index (Phi) is 5.03. The highest BCUT2D eigenvalue weighted by Gasteiger charge is 2.26. The van der Waals surface area contributed by atoms with E-state index in [1.54, 1.807) is 22.5 Å². The van der Waals surface area contributed by atoms with Crippen LogP contribution in [-0.2, 0) is 16.6 Å². The molecule has 6 nitrogen and oxygen atoms in total. The Morgan fingerprint density at radius 3 is 2.46 bits per heavy atom. The number of aromatic nitrogens is 2. The number of halogens is 1. The Labute approximate surface area is 146 Å². The van der Waals surface area contributed by atoms with Crippen LogP contribution in [0.15, 0.2) is 35.2 Å². The van der Waals surface area contributed by atoms with Crippen molar-refractivity contribution in [1.82, 2.24) is 14.3 Å². The summed E-state index contributed by atoms with van der Waals surface area (Å²) in [5.41, 5.74) is 1.74. The fourth-order valence-electron chi connectivity index (χ4n) is 2.67. The summed E-state index contributed by atoms with van der Waals surface area (Å²) in [7, 11) is -3.36. The third kappa shape index (κ3) is 3.85. The zero-order valence-corrected chi connectivity index (χ0v) is 14.9. The first-order valence-electron chi connectivity index (χ1n) is 7.79. The first-order chi connectivity index (χ1) is 11.4. The third-order valence-electron chi connectivity index (χ3n) is 3.93. The van der Waals surface area contributed by atoms with Crippen molar-refractivity contribution in [2.45, 2.75) is 31.2 Å². The molecule has 1 aliphatic heterocycles. The largest absolute Gasteiger partial charge is 0.366 e. The zero-order valence-electron chi connectivity index (χ0n) is 13.4. The number of hydrogen-bond acceptors (Lipinski definition) is 5. The first-order valence-corrected chi connectivity index (χ1v) is 9.61. The smallest absolute Gasteiger partial charge is 0.243 e. The number of nitrogens with one attached hydrogen (secondary N) is 1. The molecule has 0 unspecified atom stereocenters. The van der Waals surface area contributed by atoms with E-state index in [1.165, 1.54) is 0 Å². The lowest BCUT2D eigenvalue weighted by molar-refractivity contribution is 0.477. The SMILES string of the molecule is Cc1cc(NCc2ccc(S(=O)(=O)N3CCCC3)cc2)nc(Cl)n1. The van der Waals surface area contributed by atoms with E-state index in [4.69, 9.17) is 11.6 Å². The third-order valence-corrected chi connectivity index (χ3v) is 6.01. The zero-order chi connectivity index (χ0) is 17.2. The molecule has 128 valence electrons. The minimum Gasteiger partial charge on any atom is -0.366 e. The lowest BCUT2D eigenvalue weighted by Crippen LogP contribution is -2.27. The van der Waals surface area contributed by atoms with Crippen molar-refractivity contribution < 1.29 is 8.42 Å². The predicted molar refractivity (Wildman–Crippen MR) is 93.5 cm³/mol. The van der Waals surface area contributed by atoms with Gasteiger partial charge in [-0.2, -0.15) is 4.31 Å². The highest BCUT2D eigenvalue weighted by atomic mass is 35.5. The molecule has 0 spiro atoms. The van der Waals surface area contributed by atoms with Crippen LogP contribution < -0.4 is 5.32 Å². The molecule has 2 heterocycles. The number of sulfonamides is 1. The maximum absolute atomic E-state index is 12.5. The van der Waals surface area contributed by atoms with E-state index in [-0.39, 0.29) is 5.28 Å². The van der Waals surface area contributed by atoms with Crippen molar-refractivity contribution >= 4 is 27.4 Å². The molecular formula is C16H19ClN4O2S. The predicted octanol–water partition coefficient (Wildman–Crippen LogP) is 2.84. The van der Waals surface area contributed by atoms with Gasteiger partial charge >= 0.3 is 0 Å². The maximum Gasteiger partial charge on any atom is 0.243 e. The number of aryl methyl sites for hydroxylation is 1. The molecule has 1 fully saturated rings. The summed E-state index contributed by atoms with van der Waals surface area (Å²) in [5, 5.41) is 3.36. The van der Waals surface area contributed by atoms with Crippen LogP contribution in [-0.4, -0.2) is 35.8 Å². The van der Waals surface area contributed by atoms with E-state index in [1.807, 2.05) is 19.1 Å². The molecule has 0 bridgehead atoms. The number of anilines is 1. The highest BCUT2D eigenvalue weighted by Crippen LogP contribution is 2.21. The first kappa shape index (κ1) is 17.1. The normalized spacial score (nSPS) is 15.6. The van der Waals surface area contributed by atoms with Crippen LogP contribution in [0.3, 0.4) is 0 Å². The molecule has 1 N–H and O–H groups in total. The van der Waals surface area contributed by atoms with Crippen molar-refractivity contribution in [2.75, 3.05) is 18.4 Å². The average Bonchev–Trinajstić information content (AvgIpc) is 3.08. The van der Waals surface area contributed by atoms with E-state index >= 15 is 0 Å². The van der Waals surface area contributed by atoms with E-state index < -0.39 is 10.0 Å². The molecule has 0 radical (unpaired) electrons. The molecule has 0 amide bonds. The number of benzene rings is 1. The fourth-order valence-corrected chi connectivity index (χ4v) is 4.41. The second-order valence-corrected chi connectivity index (χ2v) is 8.05. The summed E-state index contributed by atoms with van der Waals surface area (Å²) in [6, 6.07) is 8.74. The molecule has 1 aromatic heterocycles. The Balaban J connectivity index is 1.68. The van der Waals surface area contributed by atoms with E-state index in [0.29, 0.717) is 30.3 Å². The summed E-state index contributed by atoms with van der Waals surface area (Å²) >= 11 is 5.83. The van der Waals surface area contributed by atoms with Crippen LogP contribution in [0.5, 0.6) is 0 Å². The van der Waals surface area contributed by atoms with Gasteiger partial charge in [0, 0.05) is 31.4 Å². The van der Waals surface area contributed by atoms with E-state index in [2.05, 4.69) is 15.3 Å². The summed E-state index contributed by atoms with van der Waals surface area (Å²) in [4.78, 5) is 8.45. The molecule has 0 saturated carbocycles. The Hall–Kier alpha value is -1.70. The molecule has 2 aromatic rings. The van der Waals surface area contributed by atoms with Crippen LogP contribution in [0.2, 0.25) is 5.28 Å². The molecule has 8 heteroatoms. The Morgan fingerprint density at radius 1 is 1.17 bits per heavy atom. The standard InChI is InChI=1S/C16H19ClN4O2S/c1-12-10-15(20-16(17)19-12)18-11-13-4-6-14(7-5-13)24(22,23)21-8-2-3-9-21/h4-7,10H,2-3,8-9,11H2,1H3,(H,18,19,20). The monoisotopic (exact) mass is 366 g/mol. The molecular weight excluding hydrogens is 348 g/mol. The van der Waals surface area contributed by atoms with Gasteiger partial charge in [-0.3, -0.25) is 0 Å². The Morgan fingerprint density at radius 2 is 1.83 bits per heavy atom. The molecule has 1 saturated heterocycles. The van der Waals surface area contributed by atoms with Gasteiger partial charge in [-0.1, -0.05) is 12.1 Å². The van der Waals surface area contributed by atoms with Gasteiger partial charge in [-0.25, -0.2) is 18.4 Å². The van der Waals surface area contributed by atoms with Crippen LogP contribution in [0, 0.1) is 6.92 Å². The van der Waals surface area contributed by atoms with E-state index in [9.17, 15) is 8.42 Å². The second-order valence-electron chi connectivity index (χ2n) is 5.77. The van der Waals surface area contributed by atoms with Gasteiger partial charge in [-0.15, -0.1) is 0 Å². The van der Waals surface area contributed by atoms with Crippen LogP contribution in [0.1, 0.15) is 24.1 Å². The van der Waals surface area contributed by atoms with Gasteiger partial charge in [0.2, 0.25) is 15.3 Å². The molecule has 0 atom stereocenters. The average molecular weight is 367 g/mol. The van der Waals surface area contributed by atoms with Crippen LogP contribution in [0.25, 0.3) is 0 Å². The van der Waals surface area contributed by atoms with Gasteiger partial charge in [0.1, 0.15) is 5.82 Å². The van der Waals surface area contributed by atoms with Crippen LogP contribution in [0.4, 0.5) is 5.82 Å². The molecule has 24 heavy (non-hydrogen) atoms. The summed E-state index contributed by atoms with van der Waals surface area (Å²) in [6.07, 6.45) is 1.87. The van der Waals surface area contributed by atoms with Gasteiger partial charge in [0.05, 0.1) is 4.90 Å². The van der Waals surface area contributed by atoms with Crippen molar-refractivity contribution in [3.8, 4) is 0 Å². The number of rotatable bonds is 5. The summed E-state index contributed by atoms with van der Waals surface area (Å²) in [5.74, 6) is 0.640. The molecule has 1 aliphatic rings. The topological polar surface area (TPSA) is 75.2 Å². The van der Waals surface area contributed by atoms with Crippen molar-refractivity contribution in [2.24, 2.45) is 0 Å². The number of hydrogen-bond donors (Lipinski definition) is 1. The molecule has 3 rings (SSSR count). The van der Waals surface area contributed by atoms with Crippen molar-refractivity contribution in [3.63, 3.8) is 0 Å². The lowest BCUT2D eigenvalue weighted by Gasteiger charge is -2.15. The molecule has 1 aromatic carbocycles. The quantitative estimate of drug-likeness (QED) is 0.823. The summed E-state index contributed by atoms with van der Waals surface area (Å²) in [6.45, 7) is 3.59. The minimum atomic E-state index is -3.36. The van der Waals surface area contributed by atoms with Crippen molar-refractivity contribution in [1.29, 1.82) is 0 Å². The van der Waals surface area contributed by atoms with Gasteiger partial charge in [0.25, 0.3) is 0 Å². The lowest BCUT2D eigenvalue weighted by atomic mass is 10.2. The van der Waals surface area contributed by atoms with Crippen LogP contribution >= 0.6 is 11.6 Å². The Bertz CT molecular complexity index is 798. The van der Waals surface area contributed by atoms with Gasteiger partial charge < -0.3 is 5.32 Å². The molecule has 0 aliphatic carbocycles. The highest BCUT2D eigenvalue weighted by molar-refractivity contribution is 7.89. The van der Waals surface area contributed by atoms with Gasteiger partial charge in [0.15, 0.2) is 0 Å². The minimum absolute atomic E-state index is 0.199. The van der Waals surface area contributed by atoms with Gasteiger partial charge in [-0.05, 0) is 49.1 Å². The second kappa shape index (κ2) is 7.04. The van der Waals surface area contributed by atoms with Crippen molar-refractivity contribution in [3.05, 3.63) is 46.9 Å². The maximum atomic E-state index is 12.5. The van der Waals surface area contributed by atoms with E-state index in [0.717, 1.165) is 24.1 Å². The summed E-state index contributed by atoms with van der Waals surface area (Å²) < 4.78 is 26.5.